The molecule has 4 N–H and O–H groups in total. The van der Waals surface area contributed by atoms with Crippen LogP contribution in [-0.2, 0) is 62.5 Å². The highest BCUT2D eigenvalue weighted by Gasteiger charge is 2.24. The summed E-state index contributed by atoms with van der Waals surface area (Å²) in [6, 6.07) is 15.8. The van der Waals surface area contributed by atoms with Gasteiger partial charge < -0.3 is 67.8 Å². The standard InChI is InChI=1S/C35H48O10.C16H26O8/c1-23(2)33(38)44-21-29(36)19-40-25(5)17-42-31-13-9-27(10-14-31)35(7,8)28-11-15-32(16-12-28)43-18-26(6)41-20-30(37)22-45-34(39)24(3)4;1-11(2)15(19)23-9-13(17)7-21-5-6-22-8-14(18)10-24-16(20)12(3)4/h9-16,25-26,29-30,36-37H,1,3,17-22H2,2,4-8H3;13-14,17-18H,1,3,5-10H2,2,4H3. The topological polar surface area (TPSA) is 241 Å². The van der Waals surface area contributed by atoms with Crippen molar-refractivity contribution in [3.8, 4) is 11.5 Å². The molecule has 6 atom stereocenters. The van der Waals surface area contributed by atoms with Gasteiger partial charge in [-0.15, -0.1) is 0 Å². The molecule has 2 aromatic rings. The number of hydrogen-bond donors (Lipinski definition) is 4. The average Bonchev–Trinajstić information content (AvgIpc) is 3.31. The molecule has 0 aliphatic carbocycles. The lowest BCUT2D eigenvalue weighted by atomic mass is 9.78. The SMILES string of the molecule is C=C(C)C(=O)OCC(O)COC(C)COc1ccc(C(C)(C)c2ccc(OCC(C)OCC(O)COC(=O)C(=C)C)cc2)cc1.C=C(C)C(=O)OCC(O)COCCOCC(O)COC(=O)C(=C)C. The molecule has 0 radical (unpaired) electrons. The zero-order chi connectivity index (χ0) is 52.1. The number of ether oxygens (including phenoxy) is 10. The molecule has 0 aliphatic rings. The Bertz CT molecular complexity index is 1770. The van der Waals surface area contributed by atoms with Crippen LogP contribution in [0.2, 0.25) is 0 Å². The molecule has 2 rings (SSSR count). The fraction of sp³-hybridized carbons (Fsp3) is 0.529. The van der Waals surface area contributed by atoms with Crippen molar-refractivity contribution in [2.45, 2.75) is 97.4 Å². The average molecular weight is 975 g/mol. The highest BCUT2D eigenvalue weighted by Crippen LogP contribution is 2.33. The van der Waals surface area contributed by atoms with Crippen molar-refractivity contribution in [1.82, 2.24) is 0 Å². The lowest BCUT2D eigenvalue weighted by Crippen LogP contribution is -2.28. The Morgan fingerprint density at radius 3 is 0.971 bits per heavy atom. The van der Waals surface area contributed by atoms with Crippen LogP contribution in [0.3, 0.4) is 0 Å². The van der Waals surface area contributed by atoms with E-state index in [1.165, 1.54) is 13.8 Å². The molecule has 2 aromatic carbocycles. The molecule has 18 nitrogen and oxygen atoms in total. The van der Waals surface area contributed by atoms with Gasteiger partial charge in [0, 0.05) is 27.7 Å². The Morgan fingerprint density at radius 1 is 0.449 bits per heavy atom. The maximum Gasteiger partial charge on any atom is 0.333 e. The van der Waals surface area contributed by atoms with Gasteiger partial charge in [0.2, 0.25) is 0 Å². The summed E-state index contributed by atoms with van der Waals surface area (Å²) in [5.41, 5.74) is 2.98. The van der Waals surface area contributed by atoms with Crippen molar-refractivity contribution in [2.24, 2.45) is 0 Å². The van der Waals surface area contributed by atoms with Gasteiger partial charge in [0.15, 0.2) is 0 Å². The van der Waals surface area contributed by atoms with E-state index in [0.29, 0.717) is 11.5 Å². The molecular formula is C51H74O18. The summed E-state index contributed by atoms with van der Waals surface area (Å²) in [4.78, 5) is 45.1. The van der Waals surface area contributed by atoms with Gasteiger partial charge in [0.1, 0.15) is 75.6 Å². The Kier molecular flexibility index (Phi) is 29.6. The second-order valence-electron chi connectivity index (χ2n) is 16.9. The van der Waals surface area contributed by atoms with E-state index in [0.717, 1.165) is 11.1 Å². The molecule has 0 heterocycles. The van der Waals surface area contributed by atoms with Crippen LogP contribution in [0.1, 0.15) is 66.5 Å². The van der Waals surface area contributed by atoms with Crippen LogP contribution in [0, 0.1) is 0 Å². The summed E-state index contributed by atoms with van der Waals surface area (Å²) in [5, 5.41) is 38.9. The third kappa shape index (κ3) is 27.4. The fourth-order valence-electron chi connectivity index (χ4n) is 5.11. The normalized spacial score (nSPS) is 13.7. The Hall–Kier alpha value is -5.44. The van der Waals surface area contributed by atoms with Crippen LogP contribution in [0.4, 0.5) is 0 Å². The largest absolute Gasteiger partial charge is 0.491 e. The van der Waals surface area contributed by atoms with E-state index in [9.17, 15) is 39.6 Å². The van der Waals surface area contributed by atoms with Crippen LogP contribution >= 0.6 is 0 Å². The first-order valence-electron chi connectivity index (χ1n) is 22.3. The minimum atomic E-state index is -0.944. The second kappa shape index (κ2) is 33.2. The number of esters is 4. The van der Waals surface area contributed by atoms with Crippen molar-refractivity contribution >= 4 is 23.9 Å². The quantitative estimate of drug-likeness (QED) is 0.0333. The van der Waals surface area contributed by atoms with Crippen molar-refractivity contribution in [3.05, 3.63) is 108 Å². The van der Waals surface area contributed by atoms with Crippen LogP contribution in [0.15, 0.2) is 97.1 Å². The van der Waals surface area contributed by atoms with Gasteiger partial charge in [-0.05, 0) is 76.9 Å². The van der Waals surface area contributed by atoms with Crippen LogP contribution in [0.5, 0.6) is 11.5 Å². The van der Waals surface area contributed by atoms with Crippen LogP contribution in [-0.4, -0.2) is 160 Å². The number of aliphatic hydroxyl groups excluding tert-OH is 4. The van der Waals surface area contributed by atoms with E-state index in [1.54, 1.807) is 13.8 Å². The van der Waals surface area contributed by atoms with Gasteiger partial charge in [0.05, 0.1) is 51.8 Å². The summed E-state index contributed by atoms with van der Waals surface area (Å²) in [6.07, 6.45) is -4.33. The highest BCUT2D eigenvalue weighted by atomic mass is 16.6. The fourth-order valence-corrected chi connectivity index (χ4v) is 5.11. The highest BCUT2D eigenvalue weighted by molar-refractivity contribution is 5.88. The number of carbonyl (C=O) groups is 4. The molecule has 0 aromatic heterocycles. The van der Waals surface area contributed by atoms with Crippen molar-refractivity contribution in [3.63, 3.8) is 0 Å². The molecule has 0 amide bonds. The zero-order valence-corrected chi connectivity index (χ0v) is 41.4. The number of benzene rings is 2. The van der Waals surface area contributed by atoms with Crippen molar-refractivity contribution < 1.29 is 87.0 Å². The molecule has 0 spiro atoms. The number of carbonyl (C=O) groups excluding carboxylic acids is 4. The first kappa shape index (κ1) is 61.6. The van der Waals surface area contributed by atoms with Gasteiger partial charge >= 0.3 is 23.9 Å². The second-order valence-corrected chi connectivity index (χ2v) is 16.9. The number of rotatable bonds is 33. The maximum absolute atomic E-state index is 11.4. The molecule has 0 aliphatic heterocycles. The van der Waals surface area contributed by atoms with Gasteiger partial charge in [-0.25, -0.2) is 19.2 Å². The maximum atomic E-state index is 11.4. The van der Waals surface area contributed by atoms with Gasteiger partial charge in [0.25, 0.3) is 0 Å². The summed E-state index contributed by atoms with van der Waals surface area (Å²) in [7, 11) is 0. The third-order valence-corrected chi connectivity index (χ3v) is 9.28. The smallest absolute Gasteiger partial charge is 0.333 e. The minimum absolute atomic E-state index is 0.0122. The summed E-state index contributed by atoms with van der Waals surface area (Å²) in [6.45, 7) is 28.1. The molecule has 0 fully saturated rings. The van der Waals surface area contributed by atoms with Gasteiger partial charge in [-0.3, -0.25) is 0 Å². The zero-order valence-electron chi connectivity index (χ0n) is 41.4. The molecule has 69 heavy (non-hydrogen) atoms. The minimum Gasteiger partial charge on any atom is -0.491 e. The molecule has 18 heteroatoms. The van der Waals surface area contributed by atoms with E-state index < -0.39 is 48.3 Å². The molecule has 0 saturated heterocycles. The Labute approximate surface area is 406 Å². The van der Waals surface area contributed by atoms with Crippen molar-refractivity contribution in [2.75, 3.05) is 79.3 Å². The summed E-state index contributed by atoms with van der Waals surface area (Å²) in [5.74, 6) is -0.847. The Balaban J connectivity index is 0.000000838. The molecule has 0 saturated carbocycles. The molecule has 6 unspecified atom stereocenters. The third-order valence-electron chi connectivity index (χ3n) is 9.28. The van der Waals surface area contributed by atoms with E-state index in [4.69, 9.17) is 47.4 Å². The predicted molar refractivity (Wildman–Crippen MR) is 256 cm³/mol. The monoisotopic (exact) mass is 974 g/mol. The van der Waals surface area contributed by atoms with E-state index in [1.807, 2.05) is 62.4 Å². The summed E-state index contributed by atoms with van der Waals surface area (Å²) >= 11 is 0. The van der Waals surface area contributed by atoms with E-state index in [2.05, 4.69) is 40.2 Å². The summed E-state index contributed by atoms with van der Waals surface area (Å²) < 4.78 is 52.6. The van der Waals surface area contributed by atoms with E-state index >= 15 is 0 Å². The predicted octanol–water partition coefficient (Wildman–Crippen LogP) is 4.52. The molecular weight excluding hydrogens is 901 g/mol. The lowest BCUT2D eigenvalue weighted by Gasteiger charge is -2.27. The first-order valence-corrected chi connectivity index (χ1v) is 22.3. The van der Waals surface area contributed by atoms with Gasteiger partial charge in [-0.2, -0.15) is 0 Å². The van der Waals surface area contributed by atoms with Crippen LogP contribution < -0.4 is 9.47 Å². The molecule has 386 valence electrons. The Morgan fingerprint density at radius 2 is 0.710 bits per heavy atom. The first-order chi connectivity index (χ1) is 32.4. The van der Waals surface area contributed by atoms with Gasteiger partial charge in [-0.1, -0.05) is 64.4 Å². The lowest BCUT2D eigenvalue weighted by molar-refractivity contribution is -0.144. The van der Waals surface area contributed by atoms with Crippen LogP contribution in [0.25, 0.3) is 0 Å². The number of aliphatic hydroxyl groups is 4. The number of hydrogen-bond acceptors (Lipinski definition) is 18. The van der Waals surface area contributed by atoms with Crippen molar-refractivity contribution in [1.29, 1.82) is 0 Å². The molecule has 0 bridgehead atoms. The van der Waals surface area contributed by atoms with E-state index in [-0.39, 0.29) is 119 Å².